The standard InChI is InChI=1S/C26H31N5O2/c1-20-6-3-4-8-24(20)28-26(32)29-25-13-16-27-31(25)22-14-18-30(19-15-22)17-5-7-21-9-11-23(33-2)12-10-21/h3-13,16,22H,14-15,17-19H2,1-2H3,(H2,28,29,32)/b7-5+. The summed E-state index contributed by atoms with van der Waals surface area (Å²) in [6.45, 7) is 4.88. The van der Waals surface area contributed by atoms with Crippen molar-refractivity contribution >= 4 is 23.6 Å². The summed E-state index contributed by atoms with van der Waals surface area (Å²) in [4.78, 5) is 14.9. The maximum absolute atomic E-state index is 12.5. The molecule has 3 aromatic rings. The van der Waals surface area contributed by atoms with Gasteiger partial charge in [0.2, 0.25) is 0 Å². The van der Waals surface area contributed by atoms with Gasteiger partial charge in [0, 0.05) is 31.4 Å². The Hall–Kier alpha value is -3.58. The van der Waals surface area contributed by atoms with Gasteiger partial charge in [-0.05, 0) is 49.1 Å². The molecule has 7 heteroatoms. The highest BCUT2D eigenvalue weighted by atomic mass is 16.5. The Morgan fingerprint density at radius 1 is 1.09 bits per heavy atom. The summed E-state index contributed by atoms with van der Waals surface area (Å²) in [7, 11) is 1.68. The van der Waals surface area contributed by atoms with Gasteiger partial charge in [0.15, 0.2) is 0 Å². The van der Waals surface area contributed by atoms with Crippen LogP contribution >= 0.6 is 0 Å². The molecular weight excluding hydrogens is 414 g/mol. The zero-order valence-electron chi connectivity index (χ0n) is 19.2. The van der Waals surface area contributed by atoms with Crippen molar-refractivity contribution in [3.05, 3.63) is 78.0 Å². The number of aryl methyl sites for hydroxylation is 1. The zero-order chi connectivity index (χ0) is 23.0. The monoisotopic (exact) mass is 445 g/mol. The number of likely N-dealkylation sites (tertiary alicyclic amines) is 1. The average molecular weight is 446 g/mol. The van der Waals surface area contributed by atoms with Crippen LogP contribution in [0.5, 0.6) is 5.75 Å². The lowest BCUT2D eigenvalue weighted by Gasteiger charge is -2.32. The van der Waals surface area contributed by atoms with Gasteiger partial charge in [-0.25, -0.2) is 9.48 Å². The minimum absolute atomic E-state index is 0.257. The molecule has 0 bridgehead atoms. The summed E-state index contributed by atoms with van der Waals surface area (Å²) >= 11 is 0. The molecule has 0 atom stereocenters. The Morgan fingerprint density at radius 2 is 1.85 bits per heavy atom. The van der Waals surface area contributed by atoms with Crippen molar-refractivity contribution in [3.8, 4) is 5.75 Å². The SMILES string of the molecule is COc1ccc(/C=C/CN2CCC(n3nccc3NC(=O)Nc3ccccc3C)CC2)cc1. The Balaban J connectivity index is 1.27. The molecule has 0 spiro atoms. The molecule has 0 saturated carbocycles. The number of rotatable bonds is 7. The number of para-hydroxylation sites is 1. The van der Waals surface area contributed by atoms with Crippen LogP contribution < -0.4 is 15.4 Å². The number of carbonyl (C=O) groups is 1. The van der Waals surface area contributed by atoms with Crippen LogP contribution in [0.15, 0.2) is 66.9 Å². The van der Waals surface area contributed by atoms with Crippen LogP contribution in [0.25, 0.3) is 6.08 Å². The van der Waals surface area contributed by atoms with Gasteiger partial charge in [0.1, 0.15) is 11.6 Å². The Kier molecular flexibility index (Phi) is 7.42. The van der Waals surface area contributed by atoms with E-state index in [2.05, 4.69) is 44.9 Å². The predicted octanol–water partition coefficient (Wildman–Crippen LogP) is 5.19. The molecule has 1 aromatic heterocycles. The van der Waals surface area contributed by atoms with Gasteiger partial charge in [-0.1, -0.05) is 42.5 Å². The average Bonchev–Trinajstić information content (AvgIpc) is 3.29. The molecule has 7 nitrogen and oxygen atoms in total. The van der Waals surface area contributed by atoms with E-state index in [0.717, 1.165) is 55.3 Å². The molecule has 172 valence electrons. The van der Waals surface area contributed by atoms with Crippen LogP contribution in [0.4, 0.5) is 16.3 Å². The molecule has 2 N–H and O–H groups in total. The highest BCUT2D eigenvalue weighted by Crippen LogP contribution is 2.25. The van der Waals surface area contributed by atoms with Gasteiger partial charge in [0.05, 0.1) is 19.3 Å². The number of anilines is 2. The normalized spacial score (nSPS) is 15.0. The van der Waals surface area contributed by atoms with E-state index in [9.17, 15) is 4.79 Å². The predicted molar refractivity (Wildman–Crippen MR) is 133 cm³/mol. The third-order valence-electron chi connectivity index (χ3n) is 6.00. The second-order valence-electron chi connectivity index (χ2n) is 8.26. The molecule has 0 radical (unpaired) electrons. The van der Waals surface area contributed by atoms with Gasteiger partial charge in [-0.3, -0.25) is 10.2 Å². The summed E-state index contributed by atoms with van der Waals surface area (Å²) in [5.41, 5.74) is 2.99. The fourth-order valence-electron chi connectivity index (χ4n) is 4.09. The minimum atomic E-state index is -0.257. The Labute approximate surface area is 195 Å². The van der Waals surface area contributed by atoms with Crippen molar-refractivity contribution in [1.82, 2.24) is 14.7 Å². The molecule has 2 amide bonds. The van der Waals surface area contributed by atoms with E-state index in [-0.39, 0.29) is 12.1 Å². The number of hydrogen-bond acceptors (Lipinski definition) is 4. The quantitative estimate of drug-likeness (QED) is 0.525. The summed E-state index contributed by atoms with van der Waals surface area (Å²) in [5.74, 6) is 1.59. The van der Waals surface area contributed by atoms with Crippen LogP contribution in [0.3, 0.4) is 0 Å². The number of piperidine rings is 1. The number of ether oxygens (including phenoxy) is 1. The first-order valence-corrected chi connectivity index (χ1v) is 11.3. The topological polar surface area (TPSA) is 71.4 Å². The van der Waals surface area contributed by atoms with Crippen molar-refractivity contribution in [2.45, 2.75) is 25.8 Å². The molecule has 2 aromatic carbocycles. The van der Waals surface area contributed by atoms with E-state index in [1.165, 1.54) is 5.56 Å². The first-order chi connectivity index (χ1) is 16.1. The number of hydrogen-bond donors (Lipinski definition) is 2. The third kappa shape index (κ3) is 6.02. The number of aromatic nitrogens is 2. The van der Waals surface area contributed by atoms with Gasteiger partial charge < -0.3 is 10.1 Å². The maximum Gasteiger partial charge on any atom is 0.324 e. The number of benzene rings is 2. The number of nitrogens with one attached hydrogen (secondary N) is 2. The molecule has 1 aliphatic heterocycles. The molecular formula is C26H31N5O2. The minimum Gasteiger partial charge on any atom is -0.497 e. The summed E-state index contributed by atoms with van der Waals surface area (Å²) in [5, 5.41) is 10.4. The molecule has 2 heterocycles. The second-order valence-corrected chi connectivity index (χ2v) is 8.26. The van der Waals surface area contributed by atoms with E-state index in [1.807, 2.05) is 54.1 Å². The van der Waals surface area contributed by atoms with E-state index in [1.54, 1.807) is 13.3 Å². The molecule has 0 unspecified atom stereocenters. The summed E-state index contributed by atoms with van der Waals surface area (Å²) in [6, 6.07) is 17.7. The van der Waals surface area contributed by atoms with Crippen LogP contribution in [-0.2, 0) is 0 Å². The summed E-state index contributed by atoms with van der Waals surface area (Å²) < 4.78 is 7.15. The number of nitrogens with zero attached hydrogens (tertiary/aromatic N) is 3. The van der Waals surface area contributed by atoms with E-state index in [0.29, 0.717) is 0 Å². The van der Waals surface area contributed by atoms with Crippen LogP contribution in [0, 0.1) is 6.92 Å². The maximum atomic E-state index is 12.5. The molecule has 1 fully saturated rings. The van der Waals surface area contributed by atoms with E-state index in [4.69, 9.17) is 4.74 Å². The number of amides is 2. The van der Waals surface area contributed by atoms with Crippen LogP contribution in [0.1, 0.15) is 30.0 Å². The first-order valence-electron chi connectivity index (χ1n) is 11.3. The van der Waals surface area contributed by atoms with Gasteiger partial charge in [-0.2, -0.15) is 5.10 Å². The summed E-state index contributed by atoms with van der Waals surface area (Å²) in [6.07, 6.45) is 8.08. The Bertz CT molecular complexity index is 1080. The van der Waals surface area contributed by atoms with Crippen molar-refractivity contribution in [3.63, 3.8) is 0 Å². The van der Waals surface area contributed by atoms with Gasteiger partial charge in [0.25, 0.3) is 0 Å². The highest BCUT2D eigenvalue weighted by molar-refractivity contribution is 5.99. The van der Waals surface area contributed by atoms with Gasteiger partial charge in [-0.15, -0.1) is 0 Å². The van der Waals surface area contributed by atoms with E-state index >= 15 is 0 Å². The fraction of sp³-hybridized carbons (Fsp3) is 0.308. The lowest BCUT2D eigenvalue weighted by molar-refractivity contribution is 0.196. The Morgan fingerprint density at radius 3 is 2.58 bits per heavy atom. The fourth-order valence-corrected chi connectivity index (χ4v) is 4.09. The lowest BCUT2D eigenvalue weighted by atomic mass is 10.1. The van der Waals surface area contributed by atoms with Crippen LogP contribution in [-0.4, -0.2) is 47.5 Å². The van der Waals surface area contributed by atoms with Crippen molar-refractivity contribution < 1.29 is 9.53 Å². The van der Waals surface area contributed by atoms with Crippen molar-refractivity contribution in [2.75, 3.05) is 37.4 Å². The van der Waals surface area contributed by atoms with Crippen molar-refractivity contribution in [2.24, 2.45) is 0 Å². The van der Waals surface area contributed by atoms with Gasteiger partial charge >= 0.3 is 6.03 Å². The molecule has 4 rings (SSSR count). The number of methoxy groups -OCH3 is 1. The largest absolute Gasteiger partial charge is 0.497 e. The highest BCUT2D eigenvalue weighted by Gasteiger charge is 2.22. The molecule has 1 saturated heterocycles. The smallest absolute Gasteiger partial charge is 0.324 e. The molecule has 1 aliphatic rings. The number of carbonyl (C=O) groups excluding carboxylic acids is 1. The second kappa shape index (κ2) is 10.8. The van der Waals surface area contributed by atoms with Crippen LogP contribution in [0.2, 0.25) is 0 Å². The zero-order valence-corrected chi connectivity index (χ0v) is 19.2. The van der Waals surface area contributed by atoms with Crippen molar-refractivity contribution in [1.29, 1.82) is 0 Å². The number of urea groups is 1. The molecule has 33 heavy (non-hydrogen) atoms. The lowest BCUT2D eigenvalue weighted by Crippen LogP contribution is -2.35. The third-order valence-corrected chi connectivity index (χ3v) is 6.00. The molecule has 0 aliphatic carbocycles. The first kappa shape index (κ1) is 22.6. The van der Waals surface area contributed by atoms with E-state index < -0.39 is 0 Å².